The molecule has 1 fully saturated rings. The zero-order valence-electron chi connectivity index (χ0n) is 16.5. The molecule has 3 N–H and O–H groups in total. The van der Waals surface area contributed by atoms with Crippen LogP contribution in [0, 0.1) is 5.82 Å². The third kappa shape index (κ3) is 4.47. The maximum absolute atomic E-state index is 13.9. The highest BCUT2D eigenvalue weighted by molar-refractivity contribution is 7.13. The molecule has 3 aromatic rings. The first-order chi connectivity index (χ1) is 14.8. The fourth-order valence-corrected chi connectivity index (χ4v) is 4.54. The fraction of sp³-hybridized carbons (Fsp3) is 0.350. The number of hydrogen-bond donors (Lipinski definition) is 2. The van der Waals surface area contributed by atoms with Crippen molar-refractivity contribution >= 4 is 34.5 Å². The van der Waals surface area contributed by atoms with Crippen LogP contribution in [-0.4, -0.2) is 39.5 Å². The molecule has 0 bridgehead atoms. The van der Waals surface area contributed by atoms with E-state index in [1.165, 1.54) is 29.7 Å². The van der Waals surface area contributed by atoms with Crippen LogP contribution in [0.3, 0.4) is 0 Å². The van der Waals surface area contributed by atoms with E-state index < -0.39 is 30.0 Å². The molecular formula is C20H20ClF2N5O2S. The molecule has 0 radical (unpaired) electrons. The number of carbonyl (C=O) groups excluding carboxylic acids is 1. The van der Waals surface area contributed by atoms with Gasteiger partial charge in [0.2, 0.25) is 0 Å². The van der Waals surface area contributed by atoms with Crippen LogP contribution in [0.1, 0.15) is 35.1 Å². The monoisotopic (exact) mass is 467 g/mol. The largest absolute Gasteiger partial charge is 0.369 e. The molecule has 2 aromatic heterocycles. The minimum absolute atomic E-state index is 0.0479. The Morgan fingerprint density at radius 3 is 3.03 bits per heavy atom. The molecule has 3 heterocycles. The Hall–Kier alpha value is -2.40. The number of thiazole rings is 1. The molecule has 11 heteroatoms. The van der Waals surface area contributed by atoms with E-state index in [4.69, 9.17) is 22.1 Å². The highest BCUT2D eigenvalue weighted by atomic mass is 35.5. The summed E-state index contributed by atoms with van der Waals surface area (Å²) in [4.78, 5) is 17.1. The molecule has 1 aromatic carbocycles. The van der Waals surface area contributed by atoms with Crippen molar-refractivity contribution in [1.82, 2.24) is 14.8 Å². The lowest BCUT2D eigenvalue weighted by molar-refractivity contribution is 0.0247. The Balaban J connectivity index is 1.54. The van der Waals surface area contributed by atoms with Gasteiger partial charge in [-0.15, -0.1) is 11.3 Å². The zero-order valence-corrected chi connectivity index (χ0v) is 18.1. The van der Waals surface area contributed by atoms with Crippen LogP contribution in [0.4, 0.5) is 14.5 Å². The molecule has 0 saturated carbocycles. The Kier molecular flexibility index (Phi) is 6.33. The summed E-state index contributed by atoms with van der Waals surface area (Å²) in [5.41, 5.74) is 7.45. The second kappa shape index (κ2) is 8.99. The number of aryl methyl sites for hydroxylation is 1. The van der Waals surface area contributed by atoms with Gasteiger partial charge in [-0.25, -0.2) is 13.8 Å². The molecule has 4 rings (SSSR count). The maximum Gasteiger partial charge on any atom is 0.275 e. The number of halogens is 3. The van der Waals surface area contributed by atoms with E-state index in [0.29, 0.717) is 34.8 Å². The molecule has 1 amide bonds. The van der Waals surface area contributed by atoms with E-state index in [0.717, 1.165) is 0 Å². The fourth-order valence-electron chi connectivity index (χ4n) is 3.44. The number of nitrogens with two attached hydrogens (primary N) is 1. The molecule has 3 unspecified atom stereocenters. The van der Waals surface area contributed by atoms with Crippen LogP contribution >= 0.6 is 22.9 Å². The van der Waals surface area contributed by atoms with Gasteiger partial charge in [0.15, 0.2) is 0 Å². The number of aromatic nitrogens is 3. The number of rotatable bonds is 4. The topological polar surface area (TPSA) is 95.1 Å². The molecular weight excluding hydrogens is 448 g/mol. The number of benzene rings is 1. The van der Waals surface area contributed by atoms with Crippen LogP contribution in [0.5, 0.6) is 0 Å². The molecule has 0 aliphatic carbocycles. The summed E-state index contributed by atoms with van der Waals surface area (Å²) < 4.78 is 34.9. The van der Waals surface area contributed by atoms with Gasteiger partial charge in [0.1, 0.15) is 28.8 Å². The zero-order chi connectivity index (χ0) is 22.1. The number of anilines is 1. The lowest BCUT2D eigenvalue weighted by Crippen LogP contribution is -2.32. The smallest absolute Gasteiger partial charge is 0.275 e. The average Bonchev–Trinajstić information content (AvgIpc) is 3.33. The number of nitrogens with one attached hydrogen (secondary N) is 1. The van der Waals surface area contributed by atoms with E-state index in [2.05, 4.69) is 15.4 Å². The van der Waals surface area contributed by atoms with Crippen molar-refractivity contribution in [2.75, 3.05) is 11.9 Å². The number of ether oxygens (including phenoxy) is 1. The average molecular weight is 468 g/mol. The second-order valence-corrected chi connectivity index (χ2v) is 8.48. The van der Waals surface area contributed by atoms with Gasteiger partial charge in [-0.05, 0) is 18.9 Å². The molecule has 1 aliphatic heterocycles. The first kappa shape index (κ1) is 21.8. The predicted octanol–water partition coefficient (Wildman–Crippen LogP) is 4.11. The van der Waals surface area contributed by atoms with Gasteiger partial charge in [0.05, 0.1) is 29.2 Å². The second-order valence-electron chi connectivity index (χ2n) is 7.24. The highest BCUT2D eigenvalue weighted by Gasteiger charge is 2.30. The highest BCUT2D eigenvalue weighted by Crippen LogP contribution is 2.34. The SMILES string of the molecule is Cn1ncc(NC(=O)c2csc(-c3cccc(F)c3Cl)n2)c1C1CCC(N)C(F)CO1. The number of carbonyl (C=O) groups is 1. The summed E-state index contributed by atoms with van der Waals surface area (Å²) in [7, 11) is 1.72. The summed E-state index contributed by atoms with van der Waals surface area (Å²) in [6.07, 6.45) is 0.772. The van der Waals surface area contributed by atoms with Gasteiger partial charge >= 0.3 is 0 Å². The van der Waals surface area contributed by atoms with Gasteiger partial charge in [0.25, 0.3) is 5.91 Å². The van der Waals surface area contributed by atoms with Gasteiger partial charge in [-0.3, -0.25) is 9.48 Å². The Morgan fingerprint density at radius 2 is 2.23 bits per heavy atom. The van der Waals surface area contributed by atoms with Gasteiger partial charge in [-0.1, -0.05) is 23.7 Å². The first-order valence-electron chi connectivity index (χ1n) is 9.59. The first-order valence-corrected chi connectivity index (χ1v) is 10.8. The molecule has 0 spiro atoms. The van der Waals surface area contributed by atoms with Crippen LogP contribution in [0.25, 0.3) is 10.6 Å². The van der Waals surface area contributed by atoms with E-state index >= 15 is 0 Å². The molecule has 31 heavy (non-hydrogen) atoms. The molecule has 7 nitrogen and oxygen atoms in total. The van der Waals surface area contributed by atoms with Crippen molar-refractivity contribution in [3.63, 3.8) is 0 Å². The minimum Gasteiger partial charge on any atom is -0.369 e. The number of amides is 1. The van der Waals surface area contributed by atoms with E-state index in [-0.39, 0.29) is 17.3 Å². The van der Waals surface area contributed by atoms with Crippen LogP contribution in [0.15, 0.2) is 29.8 Å². The van der Waals surface area contributed by atoms with Gasteiger partial charge in [-0.2, -0.15) is 5.10 Å². The summed E-state index contributed by atoms with van der Waals surface area (Å²) in [6.45, 7) is -0.117. The van der Waals surface area contributed by atoms with Crippen molar-refractivity contribution in [2.24, 2.45) is 12.8 Å². The number of hydrogen-bond acceptors (Lipinski definition) is 6. The third-order valence-corrected chi connectivity index (χ3v) is 6.40. The van der Waals surface area contributed by atoms with E-state index in [1.54, 1.807) is 23.2 Å². The third-order valence-electron chi connectivity index (χ3n) is 5.14. The molecule has 1 aliphatic rings. The van der Waals surface area contributed by atoms with E-state index in [9.17, 15) is 13.6 Å². The number of nitrogens with zero attached hydrogens (tertiary/aromatic N) is 3. The van der Waals surface area contributed by atoms with Crippen molar-refractivity contribution in [3.8, 4) is 10.6 Å². The lowest BCUT2D eigenvalue weighted by atomic mass is 10.0. The summed E-state index contributed by atoms with van der Waals surface area (Å²) in [6, 6.07) is 3.83. The van der Waals surface area contributed by atoms with Crippen molar-refractivity contribution in [1.29, 1.82) is 0 Å². The minimum atomic E-state index is -1.24. The van der Waals surface area contributed by atoms with Crippen molar-refractivity contribution < 1.29 is 18.3 Å². The summed E-state index contributed by atoms with van der Waals surface area (Å²) in [5.74, 6) is -1.02. The molecule has 1 saturated heterocycles. The summed E-state index contributed by atoms with van der Waals surface area (Å²) >= 11 is 7.20. The van der Waals surface area contributed by atoms with Gasteiger partial charge in [0, 0.05) is 24.0 Å². The summed E-state index contributed by atoms with van der Waals surface area (Å²) in [5, 5.41) is 8.94. The Bertz CT molecular complexity index is 1090. The quantitative estimate of drug-likeness (QED) is 0.602. The van der Waals surface area contributed by atoms with Crippen molar-refractivity contribution in [2.45, 2.75) is 31.2 Å². The molecule has 164 valence electrons. The Morgan fingerprint density at radius 1 is 1.42 bits per heavy atom. The molecule has 3 atom stereocenters. The normalized spacial score (nSPS) is 21.6. The van der Waals surface area contributed by atoms with Crippen LogP contribution in [0.2, 0.25) is 5.02 Å². The van der Waals surface area contributed by atoms with Crippen LogP contribution in [-0.2, 0) is 11.8 Å². The lowest BCUT2D eigenvalue weighted by Gasteiger charge is -2.17. The maximum atomic E-state index is 13.9. The van der Waals surface area contributed by atoms with Crippen molar-refractivity contribution in [3.05, 3.63) is 52.0 Å². The predicted molar refractivity (Wildman–Crippen MR) is 114 cm³/mol. The standard InChI is InChI=1S/C20H20ClF2N5O2S/c1-28-18(16-6-5-13(24)12(23)8-30-16)14(7-25-28)26-19(29)15-9-31-20(27-15)10-3-2-4-11(22)17(10)21/h2-4,7,9,12-13,16H,5-6,8,24H2,1H3,(H,26,29). The van der Waals surface area contributed by atoms with Gasteiger partial charge < -0.3 is 15.8 Å². The Labute approximate surface area is 186 Å². The van der Waals surface area contributed by atoms with Crippen LogP contribution < -0.4 is 11.1 Å². The number of alkyl halides is 1. The van der Waals surface area contributed by atoms with E-state index in [1.807, 2.05) is 0 Å².